The number of piperidine rings is 1. The van der Waals surface area contributed by atoms with Gasteiger partial charge in [-0.2, -0.15) is 0 Å². The highest BCUT2D eigenvalue weighted by Crippen LogP contribution is 2.26. The molecule has 1 saturated heterocycles. The lowest BCUT2D eigenvalue weighted by molar-refractivity contribution is 0.127. The second-order valence-electron chi connectivity index (χ2n) is 6.23. The smallest absolute Gasteiger partial charge is 0.0406 e. The highest BCUT2D eigenvalue weighted by molar-refractivity contribution is 6.30. The molecule has 1 aliphatic rings. The van der Waals surface area contributed by atoms with Gasteiger partial charge in [0.1, 0.15) is 0 Å². The molecule has 20 heavy (non-hydrogen) atoms. The van der Waals surface area contributed by atoms with E-state index < -0.39 is 0 Å². The number of rotatable bonds is 5. The lowest BCUT2D eigenvalue weighted by Gasteiger charge is -2.37. The quantitative estimate of drug-likeness (QED) is 0.879. The first-order valence-corrected chi connectivity index (χ1v) is 8.17. The van der Waals surface area contributed by atoms with Crippen LogP contribution in [0.5, 0.6) is 0 Å². The first-order valence-electron chi connectivity index (χ1n) is 7.80. The molecule has 2 nitrogen and oxygen atoms in total. The molecule has 1 aliphatic heterocycles. The molecule has 0 bridgehead atoms. The molecule has 3 heteroatoms. The van der Waals surface area contributed by atoms with Crippen molar-refractivity contribution in [2.24, 2.45) is 5.92 Å². The third kappa shape index (κ3) is 4.21. The molecule has 0 amide bonds. The Hall–Kier alpha value is -0.570. The molecule has 112 valence electrons. The van der Waals surface area contributed by atoms with Gasteiger partial charge >= 0.3 is 0 Å². The maximum absolute atomic E-state index is 5.99. The first-order chi connectivity index (χ1) is 9.58. The fourth-order valence-electron chi connectivity index (χ4n) is 3.13. The van der Waals surface area contributed by atoms with E-state index in [1.54, 1.807) is 0 Å². The molecule has 0 spiro atoms. The van der Waals surface area contributed by atoms with Crippen LogP contribution >= 0.6 is 11.6 Å². The van der Waals surface area contributed by atoms with E-state index in [2.05, 4.69) is 43.1 Å². The number of nitrogens with one attached hydrogen (secondary N) is 1. The maximum atomic E-state index is 5.99. The second kappa shape index (κ2) is 7.44. The van der Waals surface area contributed by atoms with Gasteiger partial charge in [0.15, 0.2) is 0 Å². The standard InChI is InChI=1S/C17H27ClN2/c1-13(2)20(12-15-5-4-10-19-11-15)14(3)16-6-8-17(18)9-7-16/h6-9,13-15,19H,4-5,10-12H2,1-3H3. The van der Waals surface area contributed by atoms with Gasteiger partial charge in [-0.15, -0.1) is 0 Å². The Bertz CT molecular complexity index is 396. The molecule has 1 fully saturated rings. The molecule has 1 N–H and O–H groups in total. The van der Waals surface area contributed by atoms with Crippen molar-refractivity contribution in [1.82, 2.24) is 10.2 Å². The zero-order valence-corrected chi connectivity index (χ0v) is 13.7. The Morgan fingerprint density at radius 1 is 1.25 bits per heavy atom. The average Bonchev–Trinajstić information content (AvgIpc) is 2.45. The van der Waals surface area contributed by atoms with Crippen molar-refractivity contribution in [3.63, 3.8) is 0 Å². The molecule has 2 rings (SSSR count). The number of hydrogen-bond donors (Lipinski definition) is 1. The third-order valence-electron chi connectivity index (χ3n) is 4.38. The van der Waals surface area contributed by atoms with E-state index in [1.165, 1.54) is 31.5 Å². The van der Waals surface area contributed by atoms with Gasteiger partial charge in [0.05, 0.1) is 0 Å². The van der Waals surface area contributed by atoms with Crippen LogP contribution < -0.4 is 5.32 Å². The maximum Gasteiger partial charge on any atom is 0.0406 e. The second-order valence-corrected chi connectivity index (χ2v) is 6.67. The van der Waals surface area contributed by atoms with Gasteiger partial charge in [0.25, 0.3) is 0 Å². The SMILES string of the molecule is CC(C)N(CC1CCCNC1)C(C)c1ccc(Cl)cc1. The Labute approximate surface area is 128 Å². The summed E-state index contributed by atoms with van der Waals surface area (Å²) in [6.45, 7) is 10.4. The zero-order chi connectivity index (χ0) is 14.5. The predicted octanol–water partition coefficient (Wildman–Crippen LogP) is 4.11. The summed E-state index contributed by atoms with van der Waals surface area (Å²) in [5.74, 6) is 0.779. The van der Waals surface area contributed by atoms with Gasteiger partial charge in [-0.1, -0.05) is 23.7 Å². The van der Waals surface area contributed by atoms with Crippen LogP contribution in [0.2, 0.25) is 5.02 Å². The Kier molecular flexibility index (Phi) is 5.88. The summed E-state index contributed by atoms with van der Waals surface area (Å²) < 4.78 is 0. The average molecular weight is 295 g/mol. The van der Waals surface area contributed by atoms with Crippen molar-refractivity contribution < 1.29 is 0 Å². The Balaban J connectivity index is 2.04. The number of hydrogen-bond acceptors (Lipinski definition) is 2. The van der Waals surface area contributed by atoms with Gasteiger partial charge in [-0.25, -0.2) is 0 Å². The summed E-state index contributed by atoms with van der Waals surface area (Å²) in [5, 5.41) is 4.33. The van der Waals surface area contributed by atoms with Crippen LogP contribution in [-0.4, -0.2) is 30.6 Å². The molecule has 2 atom stereocenters. The fraction of sp³-hybridized carbons (Fsp3) is 0.647. The molecule has 1 aromatic carbocycles. The molecule has 2 unspecified atom stereocenters. The summed E-state index contributed by atoms with van der Waals surface area (Å²) in [6.07, 6.45) is 2.66. The van der Waals surface area contributed by atoms with E-state index in [0.717, 1.165) is 17.5 Å². The van der Waals surface area contributed by atoms with Crippen LogP contribution in [0.4, 0.5) is 0 Å². The fourth-order valence-corrected chi connectivity index (χ4v) is 3.25. The number of benzene rings is 1. The molecule has 1 aromatic rings. The third-order valence-corrected chi connectivity index (χ3v) is 4.63. The molecular weight excluding hydrogens is 268 g/mol. The van der Waals surface area contributed by atoms with Crippen LogP contribution in [0.1, 0.15) is 45.2 Å². The minimum Gasteiger partial charge on any atom is -0.316 e. The molecule has 0 aliphatic carbocycles. The molecular formula is C17H27ClN2. The van der Waals surface area contributed by atoms with Crippen LogP contribution in [-0.2, 0) is 0 Å². The van der Waals surface area contributed by atoms with Crippen LogP contribution in [0.3, 0.4) is 0 Å². The summed E-state index contributed by atoms with van der Waals surface area (Å²) in [7, 11) is 0. The van der Waals surface area contributed by atoms with Gasteiger partial charge in [-0.05, 0) is 70.3 Å². The highest BCUT2D eigenvalue weighted by Gasteiger charge is 2.23. The normalized spacial score (nSPS) is 21.4. The van der Waals surface area contributed by atoms with E-state index in [9.17, 15) is 0 Å². The largest absolute Gasteiger partial charge is 0.316 e. The summed E-state index contributed by atoms with van der Waals surface area (Å²) >= 11 is 5.99. The lowest BCUT2D eigenvalue weighted by atomic mass is 9.96. The summed E-state index contributed by atoms with van der Waals surface area (Å²) in [5.41, 5.74) is 1.35. The van der Waals surface area contributed by atoms with Crippen LogP contribution in [0.15, 0.2) is 24.3 Å². The summed E-state index contributed by atoms with van der Waals surface area (Å²) in [4.78, 5) is 2.61. The molecule has 0 aromatic heterocycles. The number of nitrogens with zero attached hydrogens (tertiary/aromatic N) is 1. The van der Waals surface area contributed by atoms with E-state index in [4.69, 9.17) is 11.6 Å². The van der Waals surface area contributed by atoms with Crippen molar-refractivity contribution in [1.29, 1.82) is 0 Å². The molecule has 0 saturated carbocycles. The van der Waals surface area contributed by atoms with Gasteiger partial charge in [0, 0.05) is 23.7 Å². The minimum absolute atomic E-state index is 0.439. The summed E-state index contributed by atoms with van der Waals surface area (Å²) in [6, 6.07) is 9.29. The van der Waals surface area contributed by atoms with Crippen molar-refractivity contribution in [2.75, 3.05) is 19.6 Å². The van der Waals surface area contributed by atoms with Gasteiger partial charge in [0.2, 0.25) is 0 Å². The first kappa shape index (κ1) is 15.8. The van der Waals surface area contributed by atoms with E-state index in [1.807, 2.05) is 12.1 Å². The van der Waals surface area contributed by atoms with Gasteiger partial charge < -0.3 is 5.32 Å². The zero-order valence-electron chi connectivity index (χ0n) is 12.9. The van der Waals surface area contributed by atoms with Crippen LogP contribution in [0, 0.1) is 5.92 Å². The van der Waals surface area contributed by atoms with Crippen molar-refractivity contribution in [3.05, 3.63) is 34.9 Å². The Morgan fingerprint density at radius 3 is 2.50 bits per heavy atom. The Morgan fingerprint density at radius 2 is 1.95 bits per heavy atom. The van der Waals surface area contributed by atoms with E-state index in [-0.39, 0.29) is 0 Å². The highest BCUT2D eigenvalue weighted by atomic mass is 35.5. The van der Waals surface area contributed by atoms with E-state index >= 15 is 0 Å². The molecule has 1 heterocycles. The van der Waals surface area contributed by atoms with Crippen LogP contribution in [0.25, 0.3) is 0 Å². The lowest BCUT2D eigenvalue weighted by Crippen LogP contribution is -2.42. The monoisotopic (exact) mass is 294 g/mol. The van der Waals surface area contributed by atoms with Crippen molar-refractivity contribution in [2.45, 2.75) is 45.7 Å². The van der Waals surface area contributed by atoms with Crippen molar-refractivity contribution >= 4 is 11.6 Å². The minimum atomic E-state index is 0.439. The number of halogens is 1. The van der Waals surface area contributed by atoms with E-state index in [0.29, 0.717) is 12.1 Å². The van der Waals surface area contributed by atoms with Crippen molar-refractivity contribution in [3.8, 4) is 0 Å². The molecule has 0 radical (unpaired) electrons. The predicted molar refractivity (Wildman–Crippen MR) is 87.3 cm³/mol. The topological polar surface area (TPSA) is 15.3 Å². The van der Waals surface area contributed by atoms with Gasteiger partial charge in [-0.3, -0.25) is 4.90 Å².